The molecule has 2 heteroatoms. The Kier molecular flexibility index (Phi) is 3.68. The second-order valence-electron chi connectivity index (χ2n) is 5.69. The normalized spacial score (nSPS) is 31.2. The van der Waals surface area contributed by atoms with Crippen LogP contribution in [0.25, 0.3) is 0 Å². The predicted octanol–water partition coefficient (Wildman–Crippen LogP) is 2.25. The highest BCUT2D eigenvalue weighted by Crippen LogP contribution is 2.50. The number of nitrogens with one attached hydrogen (secondary N) is 1. The van der Waals surface area contributed by atoms with Gasteiger partial charge in [-0.05, 0) is 51.1 Å². The molecule has 15 heavy (non-hydrogen) atoms. The van der Waals surface area contributed by atoms with Gasteiger partial charge in [0.05, 0.1) is 0 Å². The third-order valence-corrected chi connectivity index (χ3v) is 3.97. The van der Waals surface area contributed by atoms with Gasteiger partial charge in [0, 0.05) is 19.1 Å². The Morgan fingerprint density at radius 2 is 2.20 bits per heavy atom. The summed E-state index contributed by atoms with van der Waals surface area (Å²) in [5.74, 6) is 0. The maximum atomic E-state index is 3.57. The lowest BCUT2D eigenvalue weighted by Gasteiger charge is -2.27. The second-order valence-corrected chi connectivity index (χ2v) is 5.69. The first-order chi connectivity index (χ1) is 7.24. The molecule has 0 amide bonds. The van der Waals surface area contributed by atoms with Crippen molar-refractivity contribution >= 4 is 0 Å². The van der Waals surface area contributed by atoms with E-state index in [0.717, 1.165) is 5.41 Å². The monoisotopic (exact) mass is 210 g/mol. The smallest absolute Gasteiger partial charge is 0.0166 e. The van der Waals surface area contributed by atoms with Gasteiger partial charge in [-0.15, -0.1) is 0 Å². The molecule has 0 radical (unpaired) electrons. The van der Waals surface area contributed by atoms with Gasteiger partial charge in [0.15, 0.2) is 0 Å². The predicted molar refractivity (Wildman–Crippen MR) is 65.1 cm³/mol. The summed E-state index contributed by atoms with van der Waals surface area (Å²) in [6, 6.07) is 0.685. The van der Waals surface area contributed by atoms with Crippen LogP contribution in [0.1, 0.15) is 46.0 Å². The van der Waals surface area contributed by atoms with Crippen LogP contribution in [0.15, 0.2) is 0 Å². The van der Waals surface area contributed by atoms with Crippen LogP contribution in [0.4, 0.5) is 0 Å². The van der Waals surface area contributed by atoms with E-state index in [0.29, 0.717) is 6.04 Å². The molecule has 1 atom stereocenters. The lowest BCUT2D eigenvalue weighted by atomic mass is 10.00. The van der Waals surface area contributed by atoms with Crippen molar-refractivity contribution in [3.63, 3.8) is 0 Å². The zero-order valence-electron chi connectivity index (χ0n) is 10.4. The van der Waals surface area contributed by atoms with Crippen molar-refractivity contribution in [1.82, 2.24) is 10.2 Å². The third-order valence-electron chi connectivity index (χ3n) is 3.97. The summed E-state index contributed by atoms with van der Waals surface area (Å²) in [5, 5.41) is 3.57. The summed E-state index contributed by atoms with van der Waals surface area (Å²) in [7, 11) is 0. The van der Waals surface area contributed by atoms with Gasteiger partial charge in [0.1, 0.15) is 0 Å². The largest absolute Gasteiger partial charge is 0.313 e. The van der Waals surface area contributed by atoms with E-state index in [-0.39, 0.29) is 0 Å². The van der Waals surface area contributed by atoms with Gasteiger partial charge < -0.3 is 10.2 Å². The van der Waals surface area contributed by atoms with Crippen molar-refractivity contribution in [3.05, 3.63) is 0 Å². The minimum absolute atomic E-state index is 0.685. The fourth-order valence-corrected chi connectivity index (χ4v) is 3.01. The SMILES string of the molecule is CCCC1(CN2CCCNC(C)C2)CC1. The summed E-state index contributed by atoms with van der Waals surface area (Å²) in [5.41, 5.74) is 0.735. The van der Waals surface area contributed by atoms with E-state index in [1.807, 2.05) is 0 Å². The van der Waals surface area contributed by atoms with E-state index in [9.17, 15) is 0 Å². The molecule has 0 bridgehead atoms. The van der Waals surface area contributed by atoms with Gasteiger partial charge in [-0.1, -0.05) is 13.3 Å². The van der Waals surface area contributed by atoms with E-state index in [1.54, 1.807) is 0 Å². The van der Waals surface area contributed by atoms with Crippen LogP contribution < -0.4 is 5.32 Å². The third kappa shape index (κ3) is 3.18. The van der Waals surface area contributed by atoms with E-state index in [1.165, 1.54) is 58.3 Å². The Morgan fingerprint density at radius 1 is 1.40 bits per heavy atom. The van der Waals surface area contributed by atoms with Gasteiger partial charge in [0.2, 0.25) is 0 Å². The molecule has 2 aliphatic rings. The van der Waals surface area contributed by atoms with Crippen LogP contribution in [-0.4, -0.2) is 37.1 Å². The maximum absolute atomic E-state index is 3.57. The summed E-state index contributed by atoms with van der Waals surface area (Å²) in [6.45, 7) is 9.78. The molecule has 1 N–H and O–H groups in total. The highest BCUT2D eigenvalue weighted by atomic mass is 15.2. The molecule has 0 aromatic heterocycles. The molecule has 2 rings (SSSR count). The Hall–Kier alpha value is -0.0800. The topological polar surface area (TPSA) is 15.3 Å². The quantitative estimate of drug-likeness (QED) is 0.765. The van der Waals surface area contributed by atoms with Gasteiger partial charge in [0.25, 0.3) is 0 Å². The molecule has 1 unspecified atom stereocenters. The summed E-state index contributed by atoms with van der Waals surface area (Å²) in [6.07, 6.45) is 7.11. The fraction of sp³-hybridized carbons (Fsp3) is 1.00. The minimum Gasteiger partial charge on any atom is -0.313 e. The summed E-state index contributed by atoms with van der Waals surface area (Å²) >= 11 is 0. The van der Waals surface area contributed by atoms with Crippen molar-refractivity contribution in [2.45, 2.75) is 52.0 Å². The number of rotatable bonds is 4. The Bertz CT molecular complexity index is 199. The van der Waals surface area contributed by atoms with Gasteiger partial charge in [-0.3, -0.25) is 0 Å². The van der Waals surface area contributed by atoms with Crippen LogP contribution in [0.2, 0.25) is 0 Å². The average molecular weight is 210 g/mol. The molecule has 0 spiro atoms. The van der Waals surface area contributed by atoms with Gasteiger partial charge >= 0.3 is 0 Å². The lowest BCUT2D eigenvalue weighted by molar-refractivity contribution is 0.211. The van der Waals surface area contributed by atoms with E-state index in [4.69, 9.17) is 0 Å². The van der Waals surface area contributed by atoms with Crippen molar-refractivity contribution < 1.29 is 0 Å². The van der Waals surface area contributed by atoms with Crippen molar-refractivity contribution in [1.29, 1.82) is 0 Å². The highest BCUT2D eigenvalue weighted by molar-refractivity contribution is 4.95. The van der Waals surface area contributed by atoms with Crippen LogP contribution >= 0.6 is 0 Å². The first-order valence-corrected chi connectivity index (χ1v) is 6.70. The Labute approximate surface area is 94.4 Å². The molecule has 1 aliphatic heterocycles. The minimum atomic E-state index is 0.685. The van der Waals surface area contributed by atoms with Crippen LogP contribution in [0.3, 0.4) is 0 Å². The van der Waals surface area contributed by atoms with Crippen molar-refractivity contribution in [3.8, 4) is 0 Å². The lowest BCUT2D eigenvalue weighted by Crippen LogP contribution is -2.38. The first kappa shape index (κ1) is 11.4. The Balaban J connectivity index is 1.82. The van der Waals surface area contributed by atoms with E-state index < -0.39 is 0 Å². The van der Waals surface area contributed by atoms with Crippen molar-refractivity contribution in [2.24, 2.45) is 5.41 Å². The summed E-state index contributed by atoms with van der Waals surface area (Å²) in [4.78, 5) is 2.70. The maximum Gasteiger partial charge on any atom is 0.0166 e. The molecule has 0 aromatic rings. The molecule has 1 saturated heterocycles. The van der Waals surface area contributed by atoms with Gasteiger partial charge in [-0.2, -0.15) is 0 Å². The van der Waals surface area contributed by atoms with Crippen LogP contribution in [0.5, 0.6) is 0 Å². The highest BCUT2D eigenvalue weighted by Gasteiger charge is 2.42. The van der Waals surface area contributed by atoms with Crippen LogP contribution in [-0.2, 0) is 0 Å². The Morgan fingerprint density at radius 3 is 2.87 bits per heavy atom. The zero-order valence-corrected chi connectivity index (χ0v) is 10.4. The standard InChI is InChI=1S/C13H26N2/c1-3-5-13(6-7-13)11-15-9-4-8-14-12(2)10-15/h12,14H,3-11H2,1-2H3. The number of nitrogens with zero attached hydrogens (tertiary/aromatic N) is 1. The molecule has 2 nitrogen and oxygen atoms in total. The molecule has 1 saturated carbocycles. The molecule has 1 heterocycles. The molecule has 88 valence electrons. The molecular weight excluding hydrogens is 184 g/mol. The fourth-order valence-electron chi connectivity index (χ4n) is 3.01. The zero-order chi connectivity index (χ0) is 10.7. The first-order valence-electron chi connectivity index (χ1n) is 6.70. The van der Waals surface area contributed by atoms with E-state index >= 15 is 0 Å². The number of hydrogen-bond acceptors (Lipinski definition) is 2. The molecule has 1 aliphatic carbocycles. The van der Waals surface area contributed by atoms with Crippen molar-refractivity contribution in [2.75, 3.05) is 26.2 Å². The molecular formula is C13H26N2. The molecule has 2 fully saturated rings. The van der Waals surface area contributed by atoms with Crippen LogP contribution in [0, 0.1) is 5.41 Å². The summed E-state index contributed by atoms with van der Waals surface area (Å²) < 4.78 is 0. The van der Waals surface area contributed by atoms with E-state index in [2.05, 4.69) is 24.1 Å². The van der Waals surface area contributed by atoms with Gasteiger partial charge in [-0.25, -0.2) is 0 Å². The average Bonchev–Trinajstić information content (AvgIpc) is 2.94. The second kappa shape index (κ2) is 4.84. The molecule has 0 aromatic carbocycles. The number of hydrogen-bond donors (Lipinski definition) is 1.